The molecular formula is C14H30N2O2S. The van der Waals surface area contributed by atoms with Gasteiger partial charge in [-0.1, -0.05) is 13.8 Å². The maximum Gasteiger partial charge on any atom is 0.151 e. The second kappa shape index (κ2) is 7.04. The molecule has 0 unspecified atom stereocenters. The van der Waals surface area contributed by atoms with Crippen molar-refractivity contribution < 1.29 is 8.42 Å². The van der Waals surface area contributed by atoms with Crippen LogP contribution in [-0.4, -0.2) is 50.5 Å². The highest BCUT2D eigenvalue weighted by Crippen LogP contribution is 2.35. The molecule has 1 saturated carbocycles. The van der Waals surface area contributed by atoms with Crippen molar-refractivity contribution in [3.8, 4) is 0 Å². The summed E-state index contributed by atoms with van der Waals surface area (Å²) in [6.45, 7) is 5.43. The highest BCUT2D eigenvalue weighted by molar-refractivity contribution is 7.91. The third-order valence-electron chi connectivity index (χ3n) is 4.65. The molecule has 0 bridgehead atoms. The quantitative estimate of drug-likeness (QED) is 0.774. The molecule has 0 saturated heterocycles. The third-order valence-corrected chi connectivity index (χ3v) is 6.48. The van der Waals surface area contributed by atoms with Gasteiger partial charge in [0, 0.05) is 24.4 Å². The normalized spacial score (nSPS) is 28.8. The topological polar surface area (TPSA) is 63.4 Å². The molecule has 0 aromatic rings. The van der Waals surface area contributed by atoms with Crippen LogP contribution in [0.4, 0.5) is 0 Å². The van der Waals surface area contributed by atoms with Gasteiger partial charge in [-0.3, -0.25) is 4.90 Å². The van der Waals surface area contributed by atoms with Gasteiger partial charge in [-0.25, -0.2) is 8.42 Å². The summed E-state index contributed by atoms with van der Waals surface area (Å²) in [6, 6.07) is 0. The monoisotopic (exact) mass is 290 g/mol. The van der Waals surface area contributed by atoms with E-state index < -0.39 is 9.84 Å². The van der Waals surface area contributed by atoms with Gasteiger partial charge in [-0.05, 0) is 45.1 Å². The summed E-state index contributed by atoms with van der Waals surface area (Å²) in [5, 5.41) is 0. The molecule has 0 aromatic carbocycles. The molecule has 4 nitrogen and oxygen atoms in total. The number of sulfone groups is 1. The van der Waals surface area contributed by atoms with Crippen LogP contribution in [0, 0.1) is 5.92 Å². The number of hydrogen-bond acceptors (Lipinski definition) is 4. The summed E-state index contributed by atoms with van der Waals surface area (Å²) in [7, 11) is -0.862. The molecule has 0 heterocycles. The molecule has 2 N–H and O–H groups in total. The van der Waals surface area contributed by atoms with E-state index in [1.165, 1.54) is 12.8 Å². The Kier molecular flexibility index (Phi) is 6.27. The first-order valence-corrected chi connectivity index (χ1v) is 9.29. The fourth-order valence-corrected chi connectivity index (χ4v) is 4.35. The molecule has 0 atom stereocenters. The molecular weight excluding hydrogens is 260 g/mol. The lowest BCUT2D eigenvalue weighted by molar-refractivity contribution is 0.0733. The van der Waals surface area contributed by atoms with Crippen molar-refractivity contribution in [2.24, 2.45) is 11.7 Å². The minimum absolute atomic E-state index is 0.0221. The predicted octanol–water partition coefficient (Wildman–Crippen LogP) is 1.65. The molecule has 5 heteroatoms. The van der Waals surface area contributed by atoms with E-state index in [9.17, 15) is 8.42 Å². The Labute approximate surface area is 118 Å². The summed E-state index contributed by atoms with van der Waals surface area (Å²) in [5.41, 5.74) is 6.01. The molecule has 1 rings (SSSR count). The van der Waals surface area contributed by atoms with Crippen LogP contribution in [0.2, 0.25) is 0 Å². The molecule has 1 aliphatic carbocycles. The number of nitrogens with two attached hydrogens (primary N) is 1. The third kappa shape index (κ3) is 4.72. The van der Waals surface area contributed by atoms with E-state index in [1.54, 1.807) is 0 Å². The van der Waals surface area contributed by atoms with Gasteiger partial charge >= 0.3 is 0 Å². The van der Waals surface area contributed by atoms with Crippen LogP contribution in [-0.2, 0) is 9.84 Å². The van der Waals surface area contributed by atoms with E-state index in [4.69, 9.17) is 5.73 Å². The van der Waals surface area contributed by atoms with Gasteiger partial charge in [0.25, 0.3) is 0 Å². The van der Waals surface area contributed by atoms with Crippen LogP contribution in [0.25, 0.3) is 0 Å². The van der Waals surface area contributed by atoms with Crippen molar-refractivity contribution >= 4 is 9.84 Å². The van der Waals surface area contributed by atoms with Crippen molar-refractivity contribution in [3.05, 3.63) is 0 Å². The molecule has 0 radical (unpaired) electrons. The largest absolute Gasteiger partial charge is 0.329 e. The lowest BCUT2D eigenvalue weighted by Gasteiger charge is -2.45. The zero-order valence-electron chi connectivity index (χ0n) is 12.7. The first-order chi connectivity index (χ1) is 8.85. The maximum absolute atomic E-state index is 11.8. The van der Waals surface area contributed by atoms with Crippen LogP contribution < -0.4 is 5.73 Å². The van der Waals surface area contributed by atoms with E-state index in [0.29, 0.717) is 25.3 Å². The van der Waals surface area contributed by atoms with Crippen molar-refractivity contribution in [1.82, 2.24) is 4.90 Å². The summed E-state index contributed by atoms with van der Waals surface area (Å²) in [6.07, 6.45) is 5.28. The molecule has 0 aliphatic heterocycles. The second-order valence-electron chi connectivity index (χ2n) is 6.18. The summed E-state index contributed by atoms with van der Waals surface area (Å²) >= 11 is 0. The summed E-state index contributed by atoms with van der Waals surface area (Å²) in [4.78, 5) is 2.20. The van der Waals surface area contributed by atoms with Crippen molar-refractivity contribution in [2.45, 2.75) is 51.5 Å². The molecule has 1 fully saturated rings. The fraction of sp³-hybridized carbons (Fsp3) is 1.00. The SMILES string of the molecule is CCCS(=O)(=O)CCN(C)C1(CN)CCC(C)CC1. The number of likely N-dealkylation sites (N-methyl/N-ethyl adjacent to an activating group) is 1. The number of nitrogens with zero attached hydrogens (tertiary/aromatic N) is 1. The minimum atomic E-state index is -2.89. The van der Waals surface area contributed by atoms with E-state index in [1.807, 2.05) is 14.0 Å². The highest BCUT2D eigenvalue weighted by atomic mass is 32.2. The summed E-state index contributed by atoms with van der Waals surface area (Å²) < 4.78 is 23.6. The lowest BCUT2D eigenvalue weighted by Crippen LogP contribution is -2.55. The lowest BCUT2D eigenvalue weighted by atomic mass is 9.76. The van der Waals surface area contributed by atoms with E-state index >= 15 is 0 Å². The van der Waals surface area contributed by atoms with Gasteiger partial charge in [-0.15, -0.1) is 0 Å². The molecule has 19 heavy (non-hydrogen) atoms. The first kappa shape index (κ1) is 16.9. The number of hydrogen-bond donors (Lipinski definition) is 1. The Morgan fingerprint density at radius 1 is 1.26 bits per heavy atom. The fourth-order valence-electron chi connectivity index (χ4n) is 2.97. The zero-order valence-corrected chi connectivity index (χ0v) is 13.5. The maximum atomic E-state index is 11.8. The van der Waals surface area contributed by atoms with Gasteiger partial charge in [0.1, 0.15) is 0 Å². The van der Waals surface area contributed by atoms with Crippen molar-refractivity contribution in [2.75, 3.05) is 31.6 Å². The van der Waals surface area contributed by atoms with Crippen LogP contribution in [0.3, 0.4) is 0 Å². The van der Waals surface area contributed by atoms with Gasteiger partial charge < -0.3 is 5.73 Å². The first-order valence-electron chi connectivity index (χ1n) is 7.47. The molecule has 1 aliphatic rings. The van der Waals surface area contributed by atoms with Gasteiger partial charge in [0.05, 0.1) is 5.75 Å². The summed E-state index contributed by atoms with van der Waals surface area (Å²) in [5.74, 6) is 1.33. The molecule has 0 spiro atoms. The van der Waals surface area contributed by atoms with Crippen LogP contribution >= 0.6 is 0 Å². The Hall–Kier alpha value is -0.130. The van der Waals surface area contributed by atoms with Gasteiger partial charge in [-0.2, -0.15) is 0 Å². The number of rotatable bonds is 7. The predicted molar refractivity (Wildman–Crippen MR) is 81.0 cm³/mol. The standard InChI is InChI=1S/C14H30N2O2S/c1-4-10-19(17,18)11-9-16(3)14(12-15)7-5-13(2)6-8-14/h13H,4-12,15H2,1-3H3. The van der Waals surface area contributed by atoms with E-state index in [2.05, 4.69) is 11.8 Å². The van der Waals surface area contributed by atoms with Crippen LogP contribution in [0.15, 0.2) is 0 Å². The van der Waals surface area contributed by atoms with Crippen LogP contribution in [0.1, 0.15) is 46.0 Å². The Balaban J connectivity index is 2.57. The highest BCUT2D eigenvalue weighted by Gasteiger charge is 2.36. The molecule has 0 amide bonds. The average molecular weight is 290 g/mol. The Bertz CT molecular complexity index is 360. The minimum Gasteiger partial charge on any atom is -0.329 e. The van der Waals surface area contributed by atoms with Crippen molar-refractivity contribution in [1.29, 1.82) is 0 Å². The second-order valence-corrected chi connectivity index (χ2v) is 8.49. The van der Waals surface area contributed by atoms with Crippen molar-refractivity contribution in [3.63, 3.8) is 0 Å². The Morgan fingerprint density at radius 2 is 1.84 bits per heavy atom. The van der Waals surface area contributed by atoms with Gasteiger partial charge in [0.15, 0.2) is 9.84 Å². The Morgan fingerprint density at radius 3 is 2.32 bits per heavy atom. The van der Waals surface area contributed by atoms with Gasteiger partial charge in [0.2, 0.25) is 0 Å². The smallest absolute Gasteiger partial charge is 0.151 e. The molecule has 114 valence electrons. The molecule has 0 aromatic heterocycles. The zero-order chi connectivity index (χ0) is 14.5. The van der Waals surface area contributed by atoms with E-state index in [0.717, 1.165) is 18.8 Å². The van der Waals surface area contributed by atoms with Crippen LogP contribution in [0.5, 0.6) is 0 Å². The average Bonchev–Trinajstić information content (AvgIpc) is 2.37. The van der Waals surface area contributed by atoms with E-state index in [-0.39, 0.29) is 11.3 Å².